The molecule has 1 heterocycles. The molecule has 1 fully saturated rings. The van der Waals surface area contributed by atoms with E-state index < -0.39 is 0 Å². The van der Waals surface area contributed by atoms with E-state index >= 15 is 0 Å². The van der Waals surface area contributed by atoms with Crippen molar-refractivity contribution in [3.05, 3.63) is 11.1 Å². The second kappa shape index (κ2) is 4.10. The van der Waals surface area contributed by atoms with Gasteiger partial charge in [0.2, 0.25) is 0 Å². The van der Waals surface area contributed by atoms with E-state index in [9.17, 15) is 4.79 Å². The standard InChI is InChI=1S/C17H26O2/c1-5-14-13-10-19-15(18)12(13)7-9-17(14,4)16(3)8-6-11(16)2/h11,14H,5-10H2,1-4H3. The van der Waals surface area contributed by atoms with Gasteiger partial charge in [0.25, 0.3) is 0 Å². The van der Waals surface area contributed by atoms with Crippen molar-refractivity contribution >= 4 is 5.97 Å². The Morgan fingerprint density at radius 1 is 1.26 bits per heavy atom. The summed E-state index contributed by atoms with van der Waals surface area (Å²) in [6.45, 7) is 10.2. The third kappa shape index (κ3) is 1.52. The molecule has 0 bridgehead atoms. The first-order chi connectivity index (χ1) is 8.94. The first-order valence-corrected chi connectivity index (χ1v) is 7.83. The molecule has 0 aromatic heterocycles. The minimum absolute atomic E-state index is 0.0395. The summed E-state index contributed by atoms with van der Waals surface area (Å²) >= 11 is 0. The maximum absolute atomic E-state index is 11.8. The number of cyclic esters (lactones) is 1. The van der Waals surface area contributed by atoms with Gasteiger partial charge in [-0.15, -0.1) is 0 Å². The van der Waals surface area contributed by atoms with Crippen LogP contribution in [0, 0.1) is 22.7 Å². The molecule has 106 valence electrons. The molecule has 0 spiro atoms. The number of carbonyl (C=O) groups excluding carboxylic acids is 1. The molecule has 3 aliphatic rings. The van der Waals surface area contributed by atoms with Gasteiger partial charge in [-0.25, -0.2) is 4.79 Å². The number of esters is 1. The molecule has 0 aromatic rings. The smallest absolute Gasteiger partial charge is 0.334 e. The predicted molar refractivity (Wildman–Crippen MR) is 75.6 cm³/mol. The Morgan fingerprint density at radius 3 is 2.53 bits per heavy atom. The van der Waals surface area contributed by atoms with Gasteiger partial charge in [-0.1, -0.05) is 27.7 Å². The van der Waals surface area contributed by atoms with E-state index in [4.69, 9.17) is 4.74 Å². The van der Waals surface area contributed by atoms with Crippen LogP contribution in [-0.4, -0.2) is 12.6 Å². The topological polar surface area (TPSA) is 26.3 Å². The second-order valence-electron chi connectivity index (χ2n) is 7.32. The van der Waals surface area contributed by atoms with Crippen LogP contribution in [0.4, 0.5) is 0 Å². The highest BCUT2D eigenvalue weighted by atomic mass is 16.5. The fourth-order valence-electron chi connectivity index (χ4n) is 5.06. The lowest BCUT2D eigenvalue weighted by molar-refractivity contribution is -0.136. The Morgan fingerprint density at radius 2 is 2.00 bits per heavy atom. The van der Waals surface area contributed by atoms with Gasteiger partial charge in [0.1, 0.15) is 6.61 Å². The monoisotopic (exact) mass is 262 g/mol. The summed E-state index contributed by atoms with van der Waals surface area (Å²) in [4.78, 5) is 11.8. The molecule has 4 atom stereocenters. The van der Waals surface area contributed by atoms with Crippen molar-refractivity contribution in [3.8, 4) is 0 Å². The van der Waals surface area contributed by atoms with E-state index in [0.29, 0.717) is 23.4 Å². The molecule has 3 rings (SSSR count). The van der Waals surface area contributed by atoms with Crippen LogP contribution in [0.3, 0.4) is 0 Å². The van der Waals surface area contributed by atoms with Crippen molar-refractivity contribution in [2.75, 3.05) is 6.61 Å². The molecule has 0 radical (unpaired) electrons. The molecule has 2 aliphatic carbocycles. The van der Waals surface area contributed by atoms with Crippen molar-refractivity contribution in [3.63, 3.8) is 0 Å². The molecular formula is C17H26O2. The lowest BCUT2D eigenvalue weighted by Gasteiger charge is -2.61. The number of rotatable bonds is 2. The molecule has 1 saturated carbocycles. The quantitative estimate of drug-likeness (QED) is 0.700. The molecule has 0 aromatic carbocycles. The van der Waals surface area contributed by atoms with Crippen molar-refractivity contribution < 1.29 is 9.53 Å². The fraction of sp³-hybridized carbons (Fsp3) is 0.824. The van der Waals surface area contributed by atoms with Crippen LogP contribution < -0.4 is 0 Å². The number of ether oxygens (including phenoxy) is 1. The first-order valence-electron chi connectivity index (χ1n) is 7.83. The minimum Gasteiger partial charge on any atom is -0.458 e. The summed E-state index contributed by atoms with van der Waals surface area (Å²) < 4.78 is 5.30. The van der Waals surface area contributed by atoms with E-state index in [2.05, 4.69) is 27.7 Å². The van der Waals surface area contributed by atoms with E-state index in [0.717, 1.165) is 30.8 Å². The fourth-order valence-corrected chi connectivity index (χ4v) is 5.06. The molecule has 2 nitrogen and oxygen atoms in total. The maximum atomic E-state index is 11.8. The highest BCUT2D eigenvalue weighted by molar-refractivity contribution is 5.92. The van der Waals surface area contributed by atoms with Crippen LogP contribution in [0.5, 0.6) is 0 Å². The SMILES string of the molecule is CCC1C2=C(CCC1(C)C1(C)CCC1C)C(=O)OC2. The Balaban J connectivity index is 2.00. The van der Waals surface area contributed by atoms with Crippen LogP contribution in [0.1, 0.15) is 59.8 Å². The molecule has 0 N–H and O–H groups in total. The average molecular weight is 262 g/mol. The summed E-state index contributed by atoms with van der Waals surface area (Å²) in [5, 5.41) is 0. The summed E-state index contributed by atoms with van der Waals surface area (Å²) in [7, 11) is 0. The summed E-state index contributed by atoms with van der Waals surface area (Å²) in [6.07, 6.45) is 5.93. The zero-order valence-electron chi connectivity index (χ0n) is 12.7. The van der Waals surface area contributed by atoms with Gasteiger partial charge in [-0.2, -0.15) is 0 Å². The van der Waals surface area contributed by atoms with Crippen molar-refractivity contribution in [1.82, 2.24) is 0 Å². The minimum atomic E-state index is -0.0395. The average Bonchev–Trinajstić information content (AvgIpc) is 2.77. The van der Waals surface area contributed by atoms with E-state index in [-0.39, 0.29) is 5.97 Å². The zero-order valence-corrected chi connectivity index (χ0v) is 12.7. The van der Waals surface area contributed by atoms with Crippen molar-refractivity contribution in [2.24, 2.45) is 22.7 Å². The van der Waals surface area contributed by atoms with Crippen LogP contribution in [0.25, 0.3) is 0 Å². The van der Waals surface area contributed by atoms with Crippen molar-refractivity contribution in [1.29, 1.82) is 0 Å². The number of carbonyl (C=O) groups is 1. The van der Waals surface area contributed by atoms with Crippen LogP contribution >= 0.6 is 0 Å². The third-order valence-electron chi connectivity index (χ3n) is 6.97. The summed E-state index contributed by atoms with van der Waals surface area (Å²) in [5.74, 6) is 1.31. The molecule has 0 amide bonds. The lowest BCUT2D eigenvalue weighted by Crippen LogP contribution is -2.54. The Labute approximate surface area is 116 Å². The van der Waals surface area contributed by atoms with E-state index in [1.54, 1.807) is 0 Å². The summed E-state index contributed by atoms with van der Waals surface area (Å²) in [5.41, 5.74) is 3.13. The predicted octanol–water partition coefficient (Wildman–Crippen LogP) is 4.10. The number of hydrogen-bond donors (Lipinski definition) is 0. The molecule has 19 heavy (non-hydrogen) atoms. The molecular weight excluding hydrogens is 236 g/mol. The van der Waals surface area contributed by atoms with Gasteiger partial charge in [-0.05, 0) is 60.3 Å². The van der Waals surface area contributed by atoms with Gasteiger partial charge in [0.05, 0.1) is 0 Å². The highest BCUT2D eigenvalue weighted by Crippen LogP contribution is 2.65. The van der Waals surface area contributed by atoms with Crippen LogP contribution in [-0.2, 0) is 9.53 Å². The normalized spacial score (nSPS) is 45.8. The lowest BCUT2D eigenvalue weighted by atomic mass is 9.43. The van der Waals surface area contributed by atoms with Gasteiger partial charge in [-0.3, -0.25) is 0 Å². The first kappa shape index (κ1) is 13.2. The van der Waals surface area contributed by atoms with Crippen LogP contribution in [0.15, 0.2) is 11.1 Å². The molecule has 1 aliphatic heterocycles. The van der Waals surface area contributed by atoms with Gasteiger partial charge in [0, 0.05) is 5.57 Å². The zero-order chi connectivity index (χ0) is 13.8. The third-order valence-corrected chi connectivity index (χ3v) is 6.97. The largest absolute Gasteiger partial charge is 0.458 e. The summed E-state index contributed by atoms with van der Waals surface area (Å²) in [6, 6.07) is 0. The van der Waals surface area contributed by atoms with E-state index in [1.807, 2.05) is 0 Å². The van der Waals surface area contributed by atoms with Gasteiger partial charge in [0.15, 0.2) is 0 Å². The maximum Gasteiger partial charge on any atom is 0.334 e. The van der Waals surface area contributed by atoms with Crippen LogP contribution in [0.2, 0.25) is 0 Å². The highest BCUT2D eigenvalue weighted by Gasteiger charge is 2.58. The molecule has 4 unspecified atom stereocenters. The van der Waals surface area contributed by atoms with Gasteiger partial charge < -0.3 is 4.74 Å². The Kier molecular flexibility index (Phi) is 2.85. The molecule has 0 saturated heterocycles. The van der Waals surface area contributed by atoms with E-state index in [1.165, 1.54) is 18.4 Å². The second-order valence-corrected chi connectivity index (χ2v) is 7.32. The Bertz CT molecular complexity index is 450. The Hall–Kier alpha value is -0.790. The van der Waals surface area contributed by atoms with Crippen molar-refractivity contribution in [2.45, 2.75) is 59.8 Å². The molecule has 2 heteroatoms. The number of hydrogen-bond acceptors (Lipinski definition) is 2. The van der Waals surface area contributed by atoms with Gasteiger partial charge >= 0.3 is 5.97 Å².